The van der Waals surface area contributed by atoms with Gasteiger partial charge in [0.2, 0.25) is 10.0 Å². The van der Waals surface area contributed by atoms with Crippen molar-refractivity contribution in [1.82, 2.24) is 4.72 Å². The topological polar surface area (TPSA) is 67.4 Å². The highest BCUT2D eigenvalue weighted by molar-refractivity contribution is 7.89. The van der Waals surface area contributed by atoms with Gasteiger partial charge in [0.05, 0.1) is 11.0 Å². The van der Waals surface area contributed by atoms with E-state index in [2.05, 4.69) is 10.0 Å². The molecule has 0 spiro atoms. The monoisotopic (exact) mass is 284 g/mol. The number of hydrogen-bond acceptors (Lipinski definition) is 4. The molecule has 0 bridgehead atoms. The third-order valence-electron chi connectivity index (χ3n) is 3.11. The van der Waals surface area contributed by atoms with E-state index in [0.29, 0.717) is 11.5 Å². The van der Waals surface area contributed by atoms with Crippen molar-refractivity contribution in [3.63, 3.8) is 0 Å². The van der Waals surface area contributed by atoms with Gasteiger partial charge in [-0.05, 0) is 44.0 Å². The molecule has 1 unspecified atom stereocenters. The van der Waals surface area contributed by atoms with Crippen LogP contribution in [-0.2, 0) is 21.2 Å². The zero-order chi connectivity index (χ0) is 13.9. The predicted octanol–water partition coefficient (Wildman–Crippen LogP) is 1.36. The Morgan fingerprint density at radius 2 is 2.26 bits per heavy atom. The molecule has 0 aromatic heterocycles. The van der Waals surface area contributed by atoms with Crippen LogP contribution >= 0.6 is 0 Å². The van der Waals surface area contributed by atoms with Gasteiger partial charge in [-0.25, -0.2) is 13.1 Å². The average Bonchev–Trinajstić information content (AvgIpc) is 2.84. The van der Waals surface area contributed by atoms with Gasteiger partial charge in [0.25, 0.3) is 0 Å². The Labute approximate surface area is 114 Å². The van der Waals surface area contributed by atoms with Gasteiger partial charge in [0.15, 0.2) is 0 Å². The number of anilines is 1. The highest BCUT2D eigenvalue weighted by Gasteiger charge is 2.18. The second kappa shape index (κ2) is 5.90. The Hall–Kier alpha value is -1.11. The first-order valence-corrected chi connectivity index (χ1v) is 7.99. The van der Waals surface area contributed by atoms with E-state index < -0.39 is 10.0 Å². The van der Waals surface area contributed by atoms with Gasteiger partial charge in [-0.2, -0.15) is 0 Å². The summed E-state index contributed by atoms with van der Waals surface area (Å²) in [4.78, 5) is 0.318. The van der Waals surface area contributed by atoms with E-state index in [1.807, 2.05) is 19.9 Å². The summed E-state index contributed by atoms with van der Waals surface area (Å²) in [5, 5.41) is 3.21. The molecule has 2 rings (SSSR count). The molecule has 0 fully saturated rings. The van der Waals surface area contributed by atoms with Crippen LogP contribution in [0.2, 0.25) is 0 Å². The first-order valence-electron chi connectivity index (χ1n) is 6.51. The SMILES string of the molecule is CCOC(C)CNS(=O)(=O)c1ccc2c(c1)CCN2. The van der Waals surface area contributed by atoms with E-state index >= 15 is 0 Å². The minimum atomic E-state index is -3.45. The number of hydrogen-bond donors (Lipinski definition) is 2. The zero-order valence-electron chi connectivity index (χ0n) is 11.3. The van der Waals surface area contributed by atoms with E-state index in [9.17, 15) is 8.42 Å². The summed E-state index contributed by atoms with van der Waals surface area (Å²) in [6.45, 7) is 5.46. The Morgan fingerprint density at radius 3 is 3.00 bits per heavy atom. The van der Waals surface area contributed by atoms with Crippen LogP contribution in [0.25, 0.3) is 0 Å². The quantitative estimate of drug-likeness (QED) is 0.827. The molecule has 1 aromatic rings. The number of benzene rings is 1. The molecule has 2 N–H and O–H groups in total. The summed E-state index contributed by atoms with van der Waals surface area (Å²) in [6.07, 6.45) is 0.740. The number of sulfonamides is 1. The lowest BCUT2D eigenvalue weighted by Gasteiger charge is -2.13. The van der Waals surface area contributed by atoms with Crippen LogP contribution in [0.1, 0.15) is 19.4 Å². The predicted molar refractivity (Wildman–Crippen MR) is 74.9 cm³/mol. The minimum absolute atomic E-state index is 0.129. The van der Waals surface area contributed by atoms with Crippen molar-refractivity contribution < 1.29 is 13.2 Å². The van der Waals surface area contributed by atoms with Crippen molar-refractivity contribution in [2.24, 2.45) is 0 Å². The largest absolute Gasteiger partial charge is 0.384 e. The van der Waals surface area contributed by atoms with Gasteiger partial charge in [0, 0.05) is 25.4 Å². The van der Waals surface area contributed by atoms with Crippen LogP contribution in [-0.4, -0.2) is 34.2 Å². The fraction of sp³-hybridized carbons (Fsp3) is 0.538. The summed E-state index contributed by atoms with van der Waals surface area (Å²) in [7, 11) is -3.45. The second-order valence-corrected chi connectivity index (χ2v) is 6.38. The molecule has 0 saturated carbocycles. The molecule has 6 heteroatoms. The molecule has 19 heavy (non-hydrogen) atoms. The van der Waals surface area contributed by atoms with Gasteiger partial charge < -0.3 is 10.1 Å². The van der Waals surface area contributed by atoms with Crippen molar-refractivity contribution in [2.75, 3.05) is 25.0 Å². The van der Waals surface area contributed by atoms with Crippen LogP contribution in [0.5, 0.6) is 0 Å². The summed E-state index contributed by atoms with van der Waals surface area (Å²) in [5.74, 6) is 0. The summed E-state index contributed by atoms with van der Waals surface area (Å²) < 4.78 is 32.2. The Bertz CT molecular complexity index is 543. The molecule has 0 amide bonds. The molecule has 1 atom stereocenters. The van der Waals surface area contributed by atoms with E-state index in [1.54, 1.807) is 12.1 Å². The molecule has 1 aliphatic rings. The lowest BCUT2D eigenvalue weighted by molar-refractivity contribution is 0.0799. The minimum Gasteiger partial charge on any atom is -0.384 e. The van der Waals surface area contributed by atoms with Crippen molar-refractivity contribution >= 4 is 15.7 Å². The number of rotatable bonds is 6. The molecular formula is C13H20N2O3S. The number of fused-ring (bicyclic) bond motifs is 1. The Kier molecular flexibility index (Phi) is 4.44. The van der Waals surface area contributed by atoms with Gasteiger partial charge in [0.1, 0.15) is 0 Å². The molecular weight excluding hydrogens is 264 g/mol. The maximum absolute atomic E-state index is 12.2. The molecule has 1 aliphatic heterocycles. The molecule has 1 heterocycles. The summed E-state index contributed by atoms with van der Waals surface area (Å²) in [6, 6.07) is 5.19. The van der Waals surface area contributed by atoms with E-state index in [4.69, 9.17) is 4.74 Å². The van der Waals surface area contributed by atoms with Crippen molar-refractivity contribution in [3.05, 3.63) is 23.8 Å². The molecule has 0 radical (unpaired) electrons. The van der Waals surface area contributed by atoms with E-state index in [-0.39, 0.29) is 12.6 Å². The smallest absolute Gasteiger partial charge is 0.240 e. The van der Waals surface area contributed by atoms with Crippen molar-refractivity contribution in [2.45, 2.75) is 31.3 Å². The van der Waals surface area contributed by atoms with Gasteiger partial charge in [-0.15, -0.1) is 0 Å². The molecule has 106 valence electrons. The molecule has 0 saturated heterocycles. The van der Waals surface area contributed by atoms with Crippen molar-refractivity contribution in [3.8, 4) is 0 Å². The van der Waals surface area contributed by atoms with Crippen molar-refractivity contribution in [1.29, 1.82) is 0 Å². The fourth-order valence-electron chi connectivity index (χ4n) is 2.10. The Morgan fingerprint density at radius 1 is 1.47 bits per heavy atom. The van der Waals surface area contributed by atoms with Crippen LogP contribution in [0.4, 0.5) is 5.69 Å². The van der Waals surface area contributed by atoms with Gasteiger partial charge >= 0.3 is 0 Å². The van der Waals surface area contributed by atoms with E-state index in [0.717, 1.165) is 24.2 Å². The molecule has 5 nitrogen and oxygen atoms in total. The fourth-order valence-corrected chi connectivity index (χ4v) is 3.27. The highest BCUT2D eigenvalue weighted by atomic mass is 32.2. The number of nitrogens with one attached hydrogen (secondary N) is 2. The molecule has 0 aliphatic carbocycles. The van der Waals surface area contributed by atoms with Crippen LogP contribution in [0.15, 0.2) is 23.1 Å². The van der Waals surface area contributed by atoms with Crippen LogP contribution in [0, 0.1) is 0 Å². The third-order valence-corrected chi connectivity index (χ3v) is 4.53. The summed E-state index contributed by atoms with van der Waals surface area (Å²) in [5.41, 5.74) is 2.09. The van der Waals surface area contributed by atoms with Crippen LogP contribution in [0.3, 0.4) is 0 Å². The zero-order valence-corrected chi connectivity index (χ0v) is 12.1. The van der Waals surface area contributed by atoms with Crippen LogP contribution < -0.4 is 10.0 Å². The molecule has 1 aromatic carbocycles. The Balaban J connectivity index is 2.07. The first kappa shape index (κ1) is 14.3. The standard InChI is InChI=1S/C13H20N2O3S/c1-3-18-10(2)9-15-19(16,17)12-4-5-13-11(8-12)6-7-14-13/h4-5,8,10,14-15H,3,6-7,9H2,1-2H3. The third kappa shape index (κ3) is 3.46. The van der Waals surface area contributed by atoms with Gasteiger partial charge in [-0.3, -0.25) is 0 Å². The van der Waals surface area contributed by atoms with Gasteiger partial charge in [-0.1, -0.05) is 0 Å². The first-order chi connectivity index (χ1) is 9.03. The lowest BCUT2D eigenvalue weighted by atomic mass is 10.2. The normalized spacial score (nSPS) is 15.9. The average molecular weight is 284 g/mol. The number of ether oxygens (including phenoxy) is 1. The van der Waals surface area contributed by atoms with E-state index in [1.165, 1.54) is 0 Å². The highest BCUT2D eigenvalue weighted by Crippen LogP contribution is 2.24. The maximum Gasteiger partial charge on any atom is 0.240 e. The summed E-state index contributed by atoms with van der Waals surface area (Å²) >= 11 is 0. The maximum atomic E-state index is 12.2. The lowest BCUT2D eigenvalue weighted by Crippen LogP contribution is -2.32. The second-order valence-electron chi connectivity index (χ2n) is 4.61.